The van der Waals surface area contributed by atoms with Crippen LogP contribution in [0.2, 0.25) is 0 Å². The summed E-state index contributed by atoms with van der Waals surface area (Å²) in [7, 11) is 0. The fourth-order valence-electron chi connectivity index (χ4n) is 2.71. The van der Waals surface area contributed by atoms with E-state index in [4.69, 9.17) is 9.47 Å². The molecule has 0 aromatic carbocycles. The summed E-state index contributed by atoms with van der Waals surface area (Å²) in [6, 6.07) is 0. The Labute approximate surface area is 140 Å². The quantitative estimate of drug-likeness (QED) is 0.290. The fraction of sp³-hybridized carbons (Fsp3) is 1.00. The van der Waals surface area contributed by atoms with Gasteiger partial charge in [-0.05, 0) is 19.3 Å². The lowest BCUT2D eigenvalue weighted by molar-refractivity contribution is -0.0201. The molecule has 0 aromatic rings. The minimum Gasteiger partial charge on any atom is -0.381 e. The largest absolute Gasteiger partial charge is 0.381 e. The second-order valence-electron chi connectivity index (χ2n) is 7.14. The Balaban J connectivity index is 3.99. The molecule has 2 nitrogen and oxygen atoms in total. The van der Waals surface area contributed by atoms with Gasteiger partial charge in [0.05, 0.1) is 13.2 Å². The van der Waals surface area contributed by atoms with E-state index in [1.807, 2.05) is 0 Å². The van der Waals surface area contributed by atoms with Crippen molar-refractivity contribution < 1.29 is 9.47 Å². The van der Waals surface area contributed by atoms with Gasteiger partial charge in [0, 0.05) is 18.6 Å². The van der Waals surface area contributed by atoms with E-state index in [2.05, 4.69) is 27.7 Å². The van der Waals surface area contributed by atoms with E-state index in [1.165, 1.54) is 70.6 Å². The molecule has 0 fully saturated rings. The van der Waals surface area contributed by atoms with Crippen molar-refractivity contribution in [1.29, 1.82) is 0 Å². The monoisotopic (exact) mass is 314 g/mol. The van der Waals surface area contributed by atoms with Crippen molar-refractivity contribution in [2.24, 2.45) is 5.41 Å². The first-order valence-corrected chi connectivity index (χ1v) is 9.84. The number of ether oxygens (including phenoxy) is 2. The van der Waals surface area contributed by atoms with Crippen molar-refractivity contribution in [2.45, 2.75) is 98.3 Å². The van der Waals surface area contributed by atoms with Gasteiger partial charge in [0.1, 0.15) is 0 Å². The first-order chi connectivity index (χ1) is 10.7. The molecule has 0 radical (unpaired) electrons. The number of unbranched alkanes of at least 4 members (excludes halogenated alkanes) is 7. The average Bonchev–Trinajstić information content (AvgIpc) is 2.51. The number of rotatable bonds is 17. The molecule has 0 rings (SSSR count). The van der Waals surface area contributed by atoms with Crippen LogP contribution in [-0.4, -0.2) is 26.4 Å². The van der Waals surface area contributed by atoms with Gasteiger partial charge in [0.15, 0.2) is 0 Å². The molecule has 0 atom stereocenters. The first-order valence-electron chi connectivity index (χ1n) is 9.84. The summed E-state index contributed by atoms with van der Waals surface area (Å²) in [5, 5.41) is 0. The standard InChI is InChI=1S/C20H42O2/c1-5-8-11-12-15-20(4,18-21-16-13-9-6-2)19-22-17-14-10-7-3/h5-19H2,1-4H3. The lowest BCUT2D eigenvalue weighted by atomic mass is 9.86. The Bertz CT molecular complexity index is 202. The van der Waals surface area contributed by atoms with Crippen molar-refractivity contribution in [3.8, 4) is 0 Å². The lowest BCUT2D eigenvalue weighted by Crippen LogP contribution is -2.29. The second kappa shape index (κ2) is 15.8. The summed E-state index contributed by atoms with van der Waals surface area (Å²) in [6.07, 6.45) is 14.0. The van der Waals surface area contributed by atoms with E-state index in [-0.39, 0.29) is 5.41 Å². The summed E-state index contributed by atoms with van der Waals surface area (Å²) < 4.78 is 11.9. The number of hydrogen-bond donors (Lipinski definition) is 0. The van der Waals surface area contributed by atoms with Crippen LogP contribution in [0.15, 0.2) is 0 Å². The van der Waals surface area contributed by atoms with E-state index in [1.54, 1.807) is 0 Å². The van der Waals surface area contributed by atoms with E-state index >= 15 is 0 Å². The van der Waals surface area contributed by atoms with Gasteiger partial charge in [-0.15, -0.1) is 0 Å². The van der Waals surface area contributed by atoms with Crippen molar-refractivity contribution in [3.63, 3.8) is 0 Å². The molecule has 0 unspecified atom stereocenters. The highest BCUT2D eigenvalue weighted by Crippen LogP contribution is 2.26. The van der Waals surface area contributed by atoms with Crippen LogP contribution in [-0.2, 0) is 9.47 Å². The third kappa shape index (κ3) is 13.6. The van der Waals surface area contributed by atoms with Gasteiger partial charge in [-0.3, -0.25) is 0 Å². The van der Waals surface area contributed by atoms with Crippen LogP contribution >= 0.6 is 0 Å². The maximum Gasteiger partial charge on any atom is 0.0541 e. The molecule has 0 aliphatic carbocycles. The summed E-state index contributed by atoms with van der Waals surface area (Å²) in [5.41, 5.74) is 0.201. The highest BCUT2D eigenvalue weighted by molar-refractivity contribution is 4.74. The van der Waals surface area contributed by atoms with Crippen molar-refractivity contribution in [2.75, 3.05) is 26.4 Å². The highest BCUT2D eigenvalue weighted by Gasteiger charge is 2.24. The van der Waals surface area contributed by atoms with Crippen LogP contribution in [0.25, 0.3) is 0 Å². The Hall–Kier alpha value is -0.0800. The zero-order valence-corrected chi connectivity index (χ0v) is 15.9. The lowest BCUT2D eigenvalue weighted by Gasteiger charge is -2.29. The molecule has 0 saturated carbocycles. The molecule has 0 amide bonds. The Morgan fingerprint density at radius 1 is 0.591 bits per heavy atom. The maximum atomic E-state index is 5.96. The molecular weight excluding hydrogens is 272 g/mol. The molecule has 2 heteroatoms. The summed E-state index contributed by atoms with van der Waals surface area (Å²) in [5.74, 6) is 0. The predicted molar refractivity (Wildman–Crippen MR) is 97.6 cm³/mol. The van der Waals surface area contributed by atoms with Gasteiger partial charge < -0.3 is 9.47 Å². The van der Waals surface area contributed by atoms with Crippen LogP contribution in [0, 0.1) is 5.41 Å². The third-order valence-corrected chi connectivity index (χ3v) is 4.32. The topological polar surface area (TPSA) is 18.5 Å². The molecule has 0 heterocycles. The molecule has 0 bridgehead atoms. The van der Waals surface area contributed by atoms with Crippen molar-refractivity contribution in [3.05, 3.63) is 0 Å². The van der Waals surface area contributed by atoms with E-state index in [9.17, 15) is 0 Å². The molecule has 0 spiro atoms. The summed E-state index contributed by atoms with van der Waals surface area (Å²) in [4.78, 5) is 0. The predicted octanol–water partition coefficient (Wildman–Crippen LogP) is 6.38. The molecule has 0 saturated heterocycles. The maximum absolute atomic E-state index is 5.96. The molecular formula is C20H42O2. The first kappa shape index (κ1) is 21.9. The number of hydrogen-bond acceptors (Lipinski definition) is 2. The van der Waals surface area contributed by atoms with Crippen LogP contribution in [0.5, 0.6) is 0 Å². The van der Waals surface area contributed by atoms with Crippen LogP contribution in [0.1, 0.15) is 98.3 Å². The normalized spacial score (nSPS) is 12.0. The smallest absolute Gasteiger partial charge is 0.0541 e. The van der Waals surface area contributed by atoms with E-state index < -0.39 is 0 Å². The fourth-order valence-corrected chi connectivity index (χ4v) is 2.71. The Kier molecular flexibility index (Phi) is 15.7. The van der Waals surface area contributed by atoms with Crippen LogP contribution in [0.4, 0.5) is 0 Å². The Morgan fingerprint density at radius 3 is 1.50 bits per heavy atom. The molecule has 134 valence electrons. The average molecular weight is 315 g/mol. The molecule has 0 aliphatic rings. The van der Waals surface area contributed by atoms with Crippen LogP contribution < -0.4 is 0 Å². The van der Waals surface area contributed by atoms with Gasteiger partial charge in [0.25, 0.3) is 0 Å². The van der Waals surface area contributed by atoms with Gasteiger partial charge in [-0.1, -0.05) is 79.1 Å². The second-order valence-corrected chi connectivity index (χ2v) is 7.14. The Morgan fingerprint density at radius 2 is 1.05 bits per heavy atom. The summed E-state index contributed by atoms with van der Waals surface area (Å²) in [6.45, 7) is 12.6. The minimum absolute atomic E-state index is 0.201. The minimum atomic E-state index is 0.201. The van der Waals surface area contributed by atoms with E-state index in [0.29, 0.717) is 0 Å². The van der Waals surface area contributed by atoms with Gasteiger partial charge >= 0.3 is 0 Å². The third-order valence-electron chi connectivity index (χ3n) is 4.32. The van der Waals surface area contributed by atoms with Gasteiger partial charge in [-0.2, -0.15) is 0 Å². The van der Waals surface area contributed by atoms with E-state index in [0.717, 1.165) is 26.4 Å². The summed E-state index contributed by atoms with van der Waals surface area (Å²) >= 11 is 0. The molecule has 0 aliphatic heterocycles. The molecule has 0 aromatic heterocycles. The highest BCUT2D eigenvalue weighted by atomic mass is 16.5. The zero-order valence-electron chi connectivity index (χ0n) is 15.9. The van der Waals surface area contributed by atoms with Crippen molar-refractivity contribution >= 4 is 0 Å². The zero-order chi connectivity index (χ0) is 16.5. The molecule has 22 heavy (non-hydrogen) atoms. The van der Waals surface area contributed by atoms with Gasteiger partial charge in [0.2, 0.25) is 0 Å². The van der Waals surface area contributed by atoms with Gasteiger partial charge in [-0.25, -0.2) is 0 Å². The van der Waals surface area contributed by atoms with Crippen molar-refractivity contribution in [1.82, 2.24) is 0 Å². The molecule has 0 N–H and O–H groups in total. The van der Waals surface area contributed by atoms with Crippen LogP contribution in [0.3, 0.4) is 0 Å². The SMILES string of the molecule is CCCCCCC(C)(COCCCCC)COCCCCC.